The van der Waals surface area contributed by atoms with Gasteiger partial charge in [0.15, 0.2) is 0 Å². The summed E-state index contributed by atoms with van der Waals surface area (Å²) in [5, 5.41) is 2.97. The Morgan fingerprint density at radius 3 is 2.75 bits per heavy atom. The third-order valence-corrected chi connectivity index (χ3v) is 3.69. The average molecular weight is 276 g/mol. The minimum atomic E-state index is 0.0590. The summed E-state index contributed by atoms with van der Waals surface area (Å²) in [5.74, 6) is 0.779. The quantitative estimate of drug-likeness (QED) is 0.865. The van der Waals surface area contributed by atoms with E-state index in [1.807, 2.05) is 12.1 Å². The zero-order valence-corrected chi connectivity index (χ0v) is 12.4. The van der Waals surface area contributed by atoms with Crippen molar-refractivity contribution in [2.75, 3.05) is 30.4 Å². The van der Waals surface area contributed by atoms with Crippen molar-refractivity contribution in [2.45, 2.75) is 39.0 Å². The van der Waals surface area contributed by atoms with Crippen molar-refractivity contribution in [3.8, 4) is 5.75 Å². The summed E-state index contributed by atoms with van der Waals surface area (Å²) in [6, 6.07) is 6.02. The van der Waals surface area contributed by atoms with Crippen LogP contribution in [0.3, 0.4) is 0 Å². The molecule has 0 spiro atoms. The number of carbonyl (C=O) groups is 1. The summed E-state index contributed by atoms with van der Waals surface area (Å²) >= 11 is 0. The second-order valence-corrected chi connectivity index (χ2v) is 5.23. The Labute approximate surface area is 121 Å². The zero-order chi connectivity index (χ0) is 14.4. The molecule has 110 valence electrons. The molecule has 1 aliphatic heterocycles. The van der Waals surface area contributed by atoms with Gasteiger partial charge in [-0.2, -0.15) is 0 Å². The molecule has 0 saturated carbocycles. The lowest BCUT2D eigenvalue weighted by molar-refractivity contribution is -0.116. The summed E-state index contributed by atoms with van der Waals surface area (Å²) in [5.41, 5.74) is 1.94. The number of nitrogens with zero attached hydrogens (tertiary/aromatic N) is 1. The number of anilines is 2. The number of nitrogens with one attached hydrogen (secondary N) is 1. The van der Waals surface area contributed by atoms with Gasteiger partial charge in [-0.05, 0) is 37.5 Å². The molecule has 1 heterocycles. The third-order valence-electron chi connectivity index (χ3n) is 3.69. The first kappa shape index (κ1) is 14.7. The van der Waals surface area contributed by atoms with Gasteiger partial charge in [0.2, 0.25) is 5.91 Å². The topological polar surface area (TPSA) is 41.6 Å². The van der Waals surface area contributed by atoms with Gasteiger partial charge in [0.05, 0.1) is 12.8 Å². The Balaban J connectivity index is 2.11. The monoisotopic (exact) mass is 276 g/mol. The van der Waals surface area contributed by atoms with Crippen LogP contribution in [0, 0.1) is 0 Å². The van der Waals surface area contributed by atoms with Gasteiger partial charge in [-0.3, -0.25) is 4.79 Å². The van der Waals surface area contributed by atoms with E-state index in [-0.39, 0.29) is 5.91 Å². The Morgan fingerprint density at radius 1 is 1.35 bits per heavy atom. The molecule has 0 unspecified atom stereocenters. The molecule has 1 aliphatic rings. The minimum absolute atomic E-state index is 0.0590. The van der Waals surface area contributed by atoms with Gasteiger partial charge in [-0.1, -0.05) is 13.3 Å². The largest absolute Gasteiger partial charge is 0.495 e. The van der Waals surface area contributed by atoms with E-state index < -0.39 is 0 Å². The van der Waals surface area contributed by atoms with Crippen LogP contribution >= 0.6 is 0 Å². The average Bonchev–Trinajstić information content (AvgIpc) is 2.99. The fourth-order valence-corrected chi connectivity index (χ4v) is 2.52. The van der Waals surface area contributed by atoms with Crippen molar-refractivity contribution >= 4 is 17.3 Å². The number of carbonyl (C=O) groups excluding carboxylic acids is 1. The Morgan fingerprint density at radius 2 is 2.10 bits per heavy atom. The van der Waals surface area contributed by atoms with Crippen LogP contribution in [0.1, 0.15) is 39.0 Å². The molecule has 0 radical (unpaired) electrons. The second kappa shape index (κ2) is 7.17. The predicted octanol–water partition coefficient (Wildman–Crippen LogP) is 3.42. The van der Waals surface area contributed by atoms with E-state index in [2.05, 4.69) is 23.2 Å². The molecule has 20 heavy (non-hydrogen) atoms. The normalized spacial score (nSPS) is 14.4. The highest BCUT2D eigenvalue weighted by Gasteiger charge is 2.15. The molecule has 0 aromatic heterocycles. The maximum absolute atomic E-state index is 11.9. The maximum atomic E-state index is 11.9. The van der Waals surface area contributed by atoms with E-state index in [1.165, 1.54) is 12.8 Å². The molecule has 0 atom stereocenters. The number of unbranched alkanes of at least 4 members (excludes halogenated alkanes) is 1. The number of rotatable bonds is 6. The van der Waals surface area contributed by atoms with Gasteiger partial charge < -0.3 is 15.0 Å². The highest BCUT2D eigenvalue weighted by Crippen LogP contribution is 2.31. The van der Waals surface area contributed by atoms with E-state index >= 15 is 0 Å². The van der Waals surface area contributed by atoms with Crippen LogP contribution < -0.4 is 15.0 Å². The lowest BCUT2D eigenvalue weighted by Gasteiger charge is -2.20. The first-order valence-corrected chi connectivity index (χ1v) is 7.47. The van der Waals surface area contributed by atoms with E-state index in [9.17, 15) is 4.79 Å². The SMILES string of the molecule is CCCCC(=O)Nc1cc(N2CCCC2)ccc1OC. The molecule has 1 saturated heterocycles. The molecule has 0 aliphatic carbocycles. The van der Waals surface area contributed by atoms with Crippen LogP contribution in [0.5, 0.6) is 5.75 Å². The van der Waals surface area contributed by atoms with Gasteiger partial charge in [0.25, 0.3) is 0 Å². The number of amides is 1. The molecule has 1 aromatic rings. The van der Waals surface area contributed by atoms with Crippen molar-refractivity contribution in [3.05, 3.63) is 18.2 Å². The van der Waals surface area contributed by atoms with Crippen LogP contribution in [0.2, 0.25) is 0 Å². The van der Waals surface area contributed by atoms with Crippen LogP contribution in [0.4, 0.5) is 11.4 Å². The molecule has 1 amide bonds. The van der Waals surface area contributed by atoms with Gasteiger partial charge in [0.1, 0.15) is 5.75 Å². The molecule has 1 aromatic carbocycles. The third kappa shape index (κ3) is 3.65. The first-order chi connectivity index (χ1) is 9.74. The maximum Gasteiger partial charge on any atom is 0.224 e. The Bertz CT molecular complexity index is 454. The van der Waals surface area contributed by atoms with E-state index in [0.717, 1.165) is 43.1 Å². The Hall–Kier alpha value is -1.71. The van der Waals surface area contributed by atoms with Crippen molar-refractivity contribution < 1.29 is 9.53 Å². The van der Waals surface area contributed by atoms with E-state index in [4.69, 9.17) is 4.74 Å². The zero-order valence-electron chi connectivity index (χ0n) is 12.4. The molecular weight excluding hydrogens is 252 g/mol. The summed E-state index contributed by atoms with van der Waals surface area (Å²) in [4.78, 5) is 14.2. The number of hydrogen-bond donors (Lipinski definition) is 1. The molecular formula is C16H24N2O2. The van der Waals surface area contributed by atoms with Gasteiger partial charge in [0, 0.05) is 25.2 Å². The van der Waals surface area contributed by atoms with Crippen molar-refractivity contribution in [1.82, 2.24) is 0 Å². The first-order valence-electron chi connectivity index (χ1n) is 7.47. The number of ether oxygens (including phenoxy) is 1. The summed E-state index contributed by atoms with van der Waals surface area (Å²) in [7, 11) is 1.63. The molecule has 1 N–H and O–H groups in total. The van der Waals surface area contributed by atoms with Gasteiger partial charge in [-0.15, -0.1) is 0 Å². The lowest BCUT2D eigenvalue weighted by atomic mass is 10.2. The highest BCUT2D eigenvalue weighted by atomic mass is 16.5. The van der Waals surface area contributed by atoms with Crippen molar-refractivity contribution in [2.24, 2.45) is 0 Å². The lowest BCUT2D eigenvalue weighted by Crippen LogP contribution is -2.18. The molecule has 4 heteroatoms. The summed E-state index contributed by atoms with van der Waals surface area (Å²) in [6.45, 7) is 4.27. The summed E-state index contributed by atoms with van der Waals surface area (Å²) in [6.07, 6.45) is 4.99. The predicted molar refractivity (Wildman–Crippen MR) is 82.6 cm³/mol. The van der Waals surface area contributed by atoms with E-state index in [1.54, 1.807) is 7.11 Å². The van der Waals surface area contributed by atoms with Crippen LogP contribution in [0.25, 0.3) is 0 Å². The minimum Gasteiger partial charge on any atom is -0.495 e. The van der Waals surface area contributed by atoms with Crippen molar-refractivity contribution in [1.29, 1.82) is 0 Å². The molecule has 1 fully saturated rings. The number of benzene rings is 1. The molecule has 2 rings (SSSR count). The molecule has 0 bridgehead atoms. The summed E-state index contributed by atoms with van der Waals surface area (Å²) < 4.78 is 5.34. The van der Waals surface area contributed by atoms with Gasteiger partial charge in [-0.25, -0.2) is 0 Å². The van der Waals surface area contributed by atoms with Crippen LogP contribution in [-0.4, -0.2) is 26.1 Å². The van der Waals surface area contributed by atoms with Crippen LogP contribution in [-0.2, 0) is 4.79 Å². The standard InChI is InChI=1S/C16H24N2O2/c1-3-4-7-16(19)17-14-12-13(8-9-15(14)20-2)18-10-5-6-11-18/h8-9,12H,3-7,10-11H2,1-2H3,(H,17,19). The van der Waals surface area contributed by atoms with E-state index in [0.29, 0.717) is 6.42 Å². The van der Waals surface area contributed by atoms with Crippen molar-refractivity contribution in [3.63, 3.8) is 0 Å². The van der Waals surface area contributed by atoms with Gasteiger partial charge >= 0.3 is 0 Å². The second-order valence-electron chi connectivity index (χ2n) is 5.23. The van der Waals surface area contributed by atoms with Crippen LogP contribution in [0.15, 0.2) is 18.2 Å². The fraction of sp³-hybridized carbons (Fsp3) is 0.562. The smallest absolute Gasteiger partial charge is 0.224 e. The number of methoxy groups -OCH3 is 1. The number of hydrogen-bond acceptors (Lipinski definition) is 3. The Kier molecular flexibility index (Phi) is 5.27. The molecule has 4 nitrogen and oxygen atoms in total. The fourth-order valence-electron chi connectivity index (χ4n) is 2.52. The highest BCUT2D eigenvalue weighted by molar-refractivity contribution is 5.93.